The zero-order chi connectivity index (χ0) is 13.5. The standard InChI is InChI=1S/C13H16ClN3OS/c1-2-3-15-7-13-17-11(9-19-13)8-18-12-4-10(14)5-16-6-12/h4-6,9,15H,2-3,7-8H2,1H3. The number of hydrogen-bond donors (Lipinski definition) is 1. The summed E-state index contributed by atoms with van der Waals surface area (Å²) in [6, 6.07) is 1.74. The van der Waals surface area contributed by atoms with Gasteiger partial charge in [-0.25, -0.2) is 4.98 Å². The number of halogens is 1. The fraction of sp³-hybridized carbons (Fsp3) is 0.385. The largest absolute Gasteiger partial charge is 0.486 e. The Morgan fingerprint density at radius 3 is 3.11 bits per heavy atom. The van der Waals surface area contributed by atoms with E-state index in [0.717, 1.165) is 30.2 Å². The molecule has 6 heteroatoms. The third-order valence-corrected chi connectivity index (χ3v) is 3.47. The Morgan fingerprint density at radius 2 is 2.32 bits per heavy atom. The number of rotatable bonds is 7. The molecule has 19 heavy (non-hydrogen) atoms. The lowest BCUT2D eigenvalue weighted by Gasteiger charge is -2.03. The van der Waals surface area contributed by atoms with Crippen molar-refractivity contribution in [3.05, 3.63) is 39.6 Å². The van der Waals surface area contributed by atoms with Crippen molar-refractivity contribution in [3.63, 3.8) is 0 Å². The Labute approximate surface area is 121 Å². The molecule has 0 aliphatic heterocycles. The molecule has 0 atom stereocenters. The Balaban J connectivity index is 1.83. The molecule has 2 aromatic heterocycles. The highest BCUT2D eigenvalue weighted by atomic mass is 35.5. The summed E-state index contributed by atoms with van der Waals surface area (Å²) in [6.07, 6.45) is 4.35. The lowest BCUT2D eigenvalue weighted by Crippen LogP contribution is -2.13. The zero-order valence-corrected chi connectivity index (χ0v) is 12.3. The first kappa shape index (κ1) is 14.2. The molecule has 1 N–H and O–H groups in total. The van der Waals surface area contributed by atoms with Crippen LogP contribution < -0.4 is 10.1 Å². The average Bonchev–Trinajstić information content (AvgIpc) is 2.85. The molecule has 0 aliphatic rings. The molecule has 0 amide bonds. The second kappa shape index (κ2) is 7.43. The SMILES string of the molecule is CCCNCc1nc(COc2cncc(Cl)c2)cs1. The smallest absolute Gasteiger partial charge is 0.139 e. The molecule has 2 aromatic rings. The van der Waals surface area contributed by atoms with Crippen molar-refractivity contribution in [2.24, 2.45) is 0 Å². The van der Waals surface area contributed by atoms with Crippen LogP contribution in [-0.4, -0.2) is 16.5 Å². The van der Waals surface area contributed by atoms with Gasteiger partial charge in [-0.15, -0.1) is 11.3 Å². The first-order valence-corrected chi connectivity index (χ1v) is 7.41. The molecule has 0 bridgehead atoms. The Hall–Kier alpha value is -1.17. The average molecular weight is 298 g/mol. The highest BCUT2D eigenvalue weighted by Crippen LogP contribution is 2.17. The lowest BCUT2D eigenvalue weighted by atomic mass is 10.4. The van der Waals surface area contributed by atoms with E-state index in [-0.39, 0.29) is 0 Å². The van der Waals surface area contributed by atoms with Crippen LogP contribution in [0.1, 0.15) is 24.0 Å². The number of hydrogen-bond acceptors (Lipinski definition) is 5. The van der Waals surface area contributed by atoms with E-state index >= 15 is 0 Å². The fourth-order valence-corrected chi connectivity index (χ4v) is 2.41. The first-order valence-electron chi connectivity index (χ1n) is 6.15. The van der Waals surface area contributed by atoms with Gasteiger partial charge in [0.25, 0.3) is 0 Å². The van der Waals surface area contributed by atoms with Crippen molar-refractivity contribution >= 4 is 22.9 Å². The first-order chi connectivity index (χ1) is 9.28. The molecule has 0 saturated carbocycles. The molecule has 2 rings (SSSR count). The molecule has 0 aliphatic carbocycles. The van der Waals surface area contributed by atoms with E-state index in [0.29, 0.717) is 17.4 Å². The van der Waals surface area contributed by atoms with Gasteiger partial charge in [-0.1, -0.05) is 18.5 Å². The van der Waals surface area contributed by atoms with Crippen molar-refractivity contribution in [1.29, 1.82) is 0 Å². The van der Waals surface area contributed by atoms with Crippen LogP contribution >= 0.6 is 22.9 Å². The summed E-state index contributed by atoms with van der Waals surface area (Å²) >= 11 is 7.48. The van der Waals surface area contributed by atoms with Gasteiger partial charge < -0.3 is 10.1 Å². The minimum Gasteiger partial charge on any atom is -0.486 e. The number of nitrogens with zero attached hydrogens (tertiary/aromatic N) is 2. The molecule has 0 unspecified atom stereocenters. The quantitative estimate of drug-likeness (QED) is 0.797. The molecule has 0 fully saturated rings. The van der Waals surface area contributed by atoms with Crippen LogP contribution in [0.5, 0.6) is 5.75 Å². The van der Waals surface area contributed by atoms with Crippen LogP contribution in [0.3, 0.4) is 0 Å². The van der Waals surface area contributed by atoms with Gasteiger partial charge in [-0.2, -0.15) is 0 Å². The van der Waals surface area contributed by atoms with E-state index in [1.165, 1.54) is 0 Å². The fourth-order valence-electron chi connectivity index (χ4n) is 1.50. The maximum absolute atomic E-state index is 5.84. The highest BCUT2D eigenvalue weighted by Gasteiger charge is 2.03. The second-order valence-corrected chi connectivity index (χ2v) is 5.42. The monoisotopic (exact) mass is 297 g/mol. The van der Waals surface area contributed by atoms with Gasteiger partial charge in [0.2, 0.25) is 0 Å². The van der Waals surface area contributed by atoms with Gasteiger partial charge in [0.1, 0.15) is 17.4 Å². The molecular formula is C13H16ClN3OS. The summed E-state index contributed by atoms with van der Waals surface area (Å²) in [7, 11) is 0. The van der Waals surface area contributed by atoms with E-state index in [4.69, 9.17) is 16.3 Å². The molecule has 0 spiro atoms. The lowest BCUT2D eigenvalue weighted by molar-refractivity contribution is 0.300. The number of ether oxygens (including phenoxy) is 1. The van der Waals surface area contributed by atoms with Crippen LogP contribution in [0.2, 0.25) is 5.02 Å². The third kappa shape index (κ3) is 4.78. The van der Waals surface area contributed by atoms with Gasteiger partial charge >= 0.3 is 0 Å². The van der Waals surface area contributed by atoms with E-state index in [2.05, 4.69) is 22.2 Å². The molecular weight excluding hydrogens is 282 g/mol. The van der Waals surface area contributed by atoms with Crippen molar-refractivity contribution in [2.75, 3.05) is 6.54 Å². The summed E-state index contributed by atoms with van der Waals surface area (Å²) in [5.41, 5.74) is 0.929. The van der Waals surface area contributed by atoms with Crippen molar-refractivity contribution in [1.82, 2.24) is 15.3 Å². The highest BCUT2D eigenvalue weighted by molar-refractivity contribution is 7.09. The van der Waals surface area contributed by atoms with Crippen LogP contribution in [0, 0.1) is 0 Å². The maximum Gasteiger partial charge on any atom is 0.139 e. The molecule has 102 valence electrons. The Kier molecular flexibility index (Phi) is 5.57. The van der Waals surface area contributed by atoms with E-state index in [1.807, 2.05) is 5.38 Å². The Morgan fingerprint density at radius 1 is 1.42 bits per heavy atom. The maximum atomic E-state index is 5.84. The zero-order valence-electron chi connectivity index (χ0n) is 10.7. The van der Waals surface area contributed by atoms with Crippen LogP contribution in [-0.2, 0) is 13.2 Å². The molecule has 0 saturated heterocycles. The molecule has 4 nitrogen and oxygen atoms in total. The summed E-state index contributed by atoms with van der Waals surface area (Å²) in [5.74, 6) is 0.658. The van der Waals surface area contributed by atoms with Gasteiger partial charge in [0.15, 0.2) is 0 Å². The van der Waals surface area contributed by atoms with E-state index < -0.39 is 0 Å². The summed E-state index contributed by atoms with van der Waals surface area (Å²) in [5, 5.41) is 6.99. The molecule has 0 aromatic carbocycles. The summed E-state index contributed by atoms with van der Waals surface area (Å²) in [6.45, 7) is 4.41. The number of pyridine rings is 1. The van der Waals surface area contributed by atoms with E-state index in [9.17, 15) is 0 Å². The number of nitrogens with one attached hydrogen (secondary N) is 1. The van der Waals surface area contributed by atoms with Crippen LogP contribution in [0.15, 0.2) is 23.8 Å². The molecule has 2 heterocycles. The normalized spacial score (nSPS) is 10.6. The van der Waals surface area contributed by atoms with Crippen LogP contribution in [0.25, 0.3) is 0 Å². The summed E-state index contributed by atoms with van der Waals surface area (Å²) in [4.78, 5) is 8.46. The predicted molar refractivity (Wildman–Crippen MR) is 77.7 cm³/mol. The summed E-state index contributed by atoms with van der Waals surface area (Å²) < 4.78 is 5.59. The number of thiazole rings is 1. The minimum atomic E-state index is 0.437. The van der Waals surface area contributed by atoms with Gasteiger partial charge in [-0.05, 0) is 13.0 Å². The van der Waals surface area contributed by atoms with Gasteiger partial charge in [-0.3, -0.25) is 4.98 Å². The second-order valence-electron chi connectivity index (χ2n) is 4.04. The van der Waals surface area contributed by atoms with Crippen molar-refractivity contribution < 1.29 is 4.74 Å². The van der Waals surface area contributed by atoms with Crippen LogP contribution in [0.4, 0.5) is 0 Å². The van der Waals surface area contributed by atoms with Gasteiger partial charge in [0, 0.05) is 24.2 Å². The Bertz CT molecular complexity index is 518. The number of aromatic nitrogens is 2. The van der Waals surface area contributed by atoms with Crippen molar-refractivity contribution in [3.8, 4) is 5.75 Å². The van der Waals surface area contributed by atoms with E-state index in [1.54, 1.807) is 29.8 Å². The minimum absolute atomic E-state index is 0.437. The van der Waals surface area contributed by atoms with Crippen molar-refractivity contribution in [2.45, 2.75) is 26.5 Å². The predicted octanol–water partition coefficient (Wildman–Crippen LogP) is 3.27. The molecule has 0 radical (unpaired) electrons. The van der Waals surface area contributed by atoms with Gasteiger partial charge in [0.05, 0.1) is 16.9 Å². The third-order valence-electron chi connectivity index (χ3n) is 2.37. The topological polar surface area (TPSA) is 47.0 Å².